The van der Waals surface area contributed by atoms with Crippen molar-refractivity contribution in [1.29, 1.82) is 10.5 Å². The lowest BCUT2D eigenvalue weighted by atomic mass is 10.1. The van der Waals surface area contributed by atoms with Gasteiger partial charge in [0.2, 0.25) is 0 Å². The van der Waals surface area contributed by atoms with Gasteiger partial charge in [0.15, 0.2) is 11.5 Å². The van der Waals surface area contributed by atoms with Gasteiger partial charge in [0, 0.05) is 10.0 Å². The molecule has 8 heteroatoms. The van der Waals surface area contributed by atoms with Crippen LogP contribution in [-0.2, 0) is 11.4 Å². The van der Waals surface area contributed by atoms with Crippen molar-refractivity contribution in [2.24, 2.45) is 0 Å². The average molecular weight is 537 g/mol. The van der Waals surface area contributed by atoms with E-state index in [-0.39, 0.29) is 12.2 Å². The van der Waals surface area contributed by atoms with Gasteiger partial charge in [-0.2, -0.15) is 10.5 Å². The molecule has 0 bridgehead atoms. The van der Waals surface area contributed by atoms with Gasteiger partial charge in [0.1, 0.15) is 18.2 Å². The first kappa shape index (κ1) is 24.9. The molecule has 0 aliphatic carbocycles. The van der Waals surface area contributed by atoms with Crippen LogP contribution in [0.15, 0.2) is 70.7 Å². The van der Waals surface area contributed by atoms with E-state index in [0.29, 0.717) is 44.4 Å². The van der Waals surface area contributed by atoms with E-state index in [2.05, 4.69) is 27.3 Å². The molecule has 1 amide bonds. The number of carbonyl (C=O) groups excluding carboxylic acids is 1. The first-order valence-electron chi connectivity index (χ1n) is 10.2. The van der Waals surface area contributed by atoms with Crippen LogP contribution in [0.4, 0.5) is 5.69 Å². The number of benzene rings is 3. The number of ether oxygens (including phenoxy) is 2. The van der Waals surface area contributed by atoms with Crippen molar-refractivity contribution < 1.29 is 14.3 Å². The summed E-state index contributed by atoms with van der Waals surface area (Å²) in [6.45, 7) is 2.40. The molecule has 34 heavy (non-hydrogen) atoms. The Kier molecular flexibility index (Phi) is 8.70. The van der Waals surface area contributed by atoms with E-state index in [1.807, 2.05) is 25.1 Å². The summed E-state index contributed by atoms with van der Waals surface area (Å²) in [6.07, 6.45) is 1.45. The monoisotopic (exact) mass is 535 g/mol. The Morgan fingerprint density at radius 2 is 1.79 bits per heavy atom. The second kappa shape index (κ2) is 11.9. The number of para-hydroxylation sites is 1. The minimum Gasteiger partial charge on any atom is -0.490 e. The molecular formula is C26H19BrClN3O3. The van der Waals surface area contributed by atoms with Crippen molar-refractivity contribution in [3.8, 4) is 23.6 Å². The SMILES string of the molecule is CCOc1cc(/C=C(\C#N)C(=O)Nc2ccccc2Cl)c(Br)cc1OCc1ccccc1C#N. The number of amides is 1. The molecule has 3 aromatic rings. The zero-order valence-corrected chi connectivity index (χ0v) is 20.5. The maximum Gasteiger partial charge on any atom is 0.266 e. The summed E-state index contributed by atoms with van der Waals surface area (Å²) in [4.78, 5) is 12.7. The molecule has 170 valence electrons. The minimum atomic E-state index is -0.589. The summed E-state index contributed by atoms with van der Waals surface area (Å²) in [5.74, 6) is 0.307. The lowest BCUT2D eigenvalue weighted by Crippen LogP contribution is -2.13. The predicted molar refractivity (Wildman–Crippen MR) is 134 cm³/mol. The third-order valence-corrected chi connectivity index (χ3v) is 5.69. The minimum absolute atomic E-state index is 0.111. The van der Waals surface area contributed by atoms with Crippen LogP contribution in [-0.4, -0.2) is 12.5 Å². The van der Waals surface area contributed by atoms with E-state index in [1.54, 1.807) is 48.5 Å². The third kappa shape index (κ3) is 6.17. The predicted octanol–water partition coefficient (Wildman–Crippen LogP) is 6.50. The second-order valence-electron chi connectivity index (χ2n) is 6.91. The molecule has 6 nitrogen and oxygen atoms in total. The zero-order valence-electron chi connectivity index (χ0n) is 18.1. The van der Waals surface area contributed by atoms with E-state index in [1.165, 1.54) is 6.08 Å². The maximum absolute atomic E-state index is 12.7. The van der Waals surface area contributed by atoms with E-state index in [4.69, 9.17) is 21.1 Å². The summed E-state index contributed by atoms with van der Waals surface area (Å²) in [6, 6.07) is 21.4. The van der Waals surface area contributed by atoms with Gasteiger partial charge in [-0.15, -0.1) is 0 Å². The van der Waals surface area contributed by atoms with Crippen LogP contribution < -0.4 is 14.8 Å². The number of halogens is 2. The smallest absolute Gasteiger partial charge is 0.266 e. The van der Waals surface area contributed by atoms with Crippen LogP contribution in [0.2, 0.25) is 5.02 Å². The fourth-order valence-electron chi connectivity index (χ4n) is 3.01. The molecule has 0 saturated carbocycles. The Labute approximate surface area is 211 Å². The fourth-order valence-corrected chi connectivity index (χ4v) is 3.63. The van der Waals surface area contributed by atoms with Crippen molar-refractivity contribution >= 4 is 45.2 Å². The molecule has 3 aromatic carbocycles. The van der Waals surface area contributed by atoms with E-state index >= 15 is 0 Å². The fraction of sp³-hybridized carbons (Fsp3) is 0.115. The molecule has 0 radical (unpaired) electrons. The maximum atomic E-state index is 12.7. The highest BCUT2D eigenvalue weighted by molar-refractivity contribution is 9.10. The number of nitrogens with one attached hydrogen (secondary N) is 1. The molecule has 3 rings (SSSR count). The number of hydrogen-bond donors (Lipinski definition) is 1. The van der Waals surface area contributed by atoms with Gasteiger partial charge < -0.3 is 14.8 Å². The van der Waals surface area contributed by atoms with Crippen LogP contribution in [0.1, 0.15) is 23.6 Å². The van der Waals surface area contributed by atoms with Crippen LogP contribution in [0.5, 0.6) is 11.5 Å². The molecule has 1 N–H and O–H groups in total. The van der Waals surface area contributed by atoms with Crippen molar-refractivity contribution in [2.45, 2.75) is 13.5 Å². The first-order chi connectivity index (χ1) is 16.5. The highest BCUT2D eigenvalue weighted by Gasteiger charge is 2.15. The molecule has 0 atom stereocenters. The zero-order chi connectivity index (χ0) is 24.5. The highest BCUT2D eigenvalue weighted by Crippen LogP contribution is 2.35. The lowest BCUT2D eigenvalue weighted by molar-refractivity contribution is -0.112. The van der Waals surface area contributed by atoms with Gasteiger partial charge >= 0.3 is 0 Å². The average Bonchev–Trinajstić information content (AvgIpc) is 2.84. The normalized spacial score (nSPS) is 10.7. The highest BCUT2D eigenvalue weighted by atomic mass is 79.9. The number of nitriles is 2. The number of carbonyl (C=O) groups is 1. The van der Waals surface area contributed by atoms with Crippen LogP contribution >= 0.6 is 27.5 Å². The molecule has 0 spiro atoms. The molecule has 0 aliphatic heterocycles. The van der Waals surface area contributed by atoms with Gasteiger partial charge in [-0.1, -0.05) is 57.9 Å². The lowest BCUT2D eigenvalue weighted by Gasteiger charge is -2.15. The third-order valence-electron chi connectivity index (χ3n) is 4.67. The van der Waals surface area contributed by atoms with Crippen molar-refractivity contribution in [1.82, 2.24) is 0 Å². The summed E-state index contributed by atoms with van der Waals surface area (Å²) >= 11 is 9.57. The Morgan fingerprint density at radius 3 is 2.50 bits per heavy atom. The second-order valence-corrected chi connectivity index (χ2v) is 8.18. The van der Waals surface area contributed by atoms with E-state index in [0.717, 1.165) is 5.56 Å². The molecule has 0 heterocycles. The number of nitrogens with zero attached hydrogens (tertiary/aromatic N) is 2. The Balaban J connectivity index is 1.88. The summed E-state index contributed by atoms with van der Waals surface area (Å²) in [5.41, 5.74) is 2.13. The molecule has 0 saturated heterocycles. The van der Waals surface area contributed by atoms with Gasteiger partial charge in [-0.25, -0.2) is 0 Å². The first-order valence-corrected chi connectivity index (χ1v) is 11.4. The molecular weight excluding hydrogens is 518 g/mol. The summed E-state index contributed by atoms with van der Waals surface area (Å²) in [7, 11) is 0. The van der Waals surface area contributed by atoms with Gasteiger partial charge in [0.05, 0.1) is 28.9 Å². The van der Waals surface area contributed by atoms with E-state index < -0.39 is 5.91 Å². The summed E-state index contributed by atoms with van der Waals surface area (Å²) in [5, 5.41) is 21.9. The van der Waals surface area contributed by atoms with Crippen molar-refractivity contribution in [3.63, 3.8) is 0 Å². The van der Waals surface area contributed by atoms with Crippen LogP contribution in [0.3, 0.4) is 0 Å². The Bertz CT molecular complexity index is 1330. The molecule has 0 aromatic heterocycles. The van der Waals surface area contributed by atoms with Gasteiger partial charge in [-0.05, 0) is 48.9 Å². The van der Waals surface area contributed by atoms with Crippen LogP contribution in [0, 0.1) is 22.7 Å². The summed E-state index contributed by atoms with van der Waals surface area (Å²) < 4.78 is 12.3. The molecule has 0 fully saturated rings. The number of anilines is 1. The Morgan fingerprint density at radius 1 is 1.09 bits per heavy atom. The largest absolute Gasteiger partial charge is 0.490 e. The quantitative estimate of drug-likeness (QED) is 0.262. The molecule has 0 aliphatic rings. The number of rotatable bonds is 8. The van der Waals surface area contributed by atoms with Crippen LogP contribution in [0.25, 0.3) is 6.08 Å². The van der Waals surface area contributed by atoms with E-state index in [9.17, 15) is 15.3 Å². The topological polar surface area (TPSA) is 95.1 Å². The molecule has 0 unspecified atom stereocenters. The van der Waals surface area contributed by atoms with Gasteiger partial charge in [-0.3, -0.25) is 4.79 Å². The Hall–Kier alpha value is -3.78. The number of hydrogen-bond acceptors (Lipinski definition) is 5. The van der Waals surface area contributed by atoms with Crippen molar-refractivity contribution in [2.75, 3.05) is 11.9 Å². The van der Waals surface area contributed by atoms with Gasteiger partial charge in [0.25, 0.3) is 5.91 Å². The van der Waals surface area contributed by atoms with Crippen molar-refractivity contribution in [3.05, 3.63) is 92.4 Å². The standard InChI is InChI=1S/C26H19BrClN3O3/c1-2-33-24-12-19(11-20(15-30)26(32)31-23-10-6-5-9-22(23)28)21(27)13-25(24)34-16-18-8-4-3-7-17(18)14-29/h3-13H,2,16H2,1H3,(H,31,32)/b20-11+.